The molecule has 200 valence electrons. The van der Waals surface area contributed by atoms with Crippen LogP contribution in [0, 0.1) is 28.4 Å². The van der Waals surface area contributed by atoms with Gasteiger partial charge in [-0.2, -0.15) is 5.26 Å². The molecular formula is C27H31Cl2F2N3O3. The van der Waals surface area contributed by atoms with Gasteiger partial charge < -0.3 is 20.4 Å². The van der Waals surface area contributed by atoms with Crippen LogP contribution in [0.1, 0.15) is 50.7 Å². The van der Waals surface area contributed by atoms with Crippen molar-refractivity contribution < 1.29 is 23.8 Å². The van der Waals surface area contributed by atoms with Gasteiger partial charge in [0.15, 0.2) is 0 Å². The number of halogens is 4. The summed E-state index contributed by atoms with van der Waals surface area (Å²) < 4.78 is 31.0. The molecular weight excluding hydrogens is 523 g/mol. The number of aliphatic hydroxyl groups excluding tert-OH is 2. The van der Waals surface area contributed by atoms with Crippen molar-refractivity contribution in [3.63, 3.8) is 0 Å². The summed E-state index contributed by atoms with van der Waals surface area (Å²) in [6.45, 7) is 5.35. The maximum absolute atomic E-state index is 15.5. The van der Waals surface area contributed by atoms with Crippen LogP contribution in [0.15, 0.2) is 36.4 Å². The Balaban J connectivity index is 2.22. The molecule has 3 rings (SSSR count). The minimum atomic E-state index is -1.67. The number of urea groups is 1. The van der Waals surface area contributed by atoms with Crippen LogP contribution in [-0.4, -0.2) is 53.0 Å². The van der Waals surface area contributed by atoms with Gasteiger partial charge in [-0.05, 0) is 42.0 Å². The van der Waals surface area contributed by atoms with E-state index in [2.05, 4.69) is 11.4 Å². The number of hydrogen-bond acceptors (Lipinski definition) is 4. The molecule has 2 aromatic carbocycles. The molecule has 1 saturated heterocycles. The molecule has 10 heteroatoms. The lowest BCUT2D eigenvalue weighted by atomic mass is 9.64. The number of aliphatic hydroxyl groups is 2. The van der Waals surface area contributed by atoms with Crippen LogP contribution in [0.25, 0.3) is 0 Å². The van der Waals surface area contributed by atoms with E-state index >= 15 is 8.78 Å². The van der Waals surface area contributed by atoms with Gasteiger partial charge in [-0.15, -0.1) is 0 Å². The Bertz CT molecular complexity index is 1180. The molecule has 2 amide bonds. The van der Waals surface area contributed by atoms with Crippen molar-refractivity contribution in [2.75, 3.05) is 19.7 Å². The number of nitrogens with one attached hydrogen (secondary N) is 1. The van der Waals surface area contributed by atoms with Crippen molar-refractivity contribution in [3.05, 3.63) is 69.2 Å². The van der Waals surface area contributed by atoms with E-state index in [1.807, 2.05) is 20.8 Å². The smallest absolute Gasteiger partial charge is 0.317 e. The molecule has 0 radical (unpaired) electrons. The van der Waals surface area contributed by atoms with Gasteiger partial charge in [-0.3, -0.25) is 0 Å². The van der Waals surface area contributed by atoms with E-state index in [0.717, 1.165) is 6.07 Å². The summed E-state index contributed by atoms with van der Waals surface area (Å²) in [5.41, 5.74) is -1.95. The van der Waals surface area contributed by atoms with Gasteiger partial charge in [-0.1, -0.05) is 62.2 Å². The molecule has 3 N–H and O–H groups in total. The first-order valence-corrected chi connectivity index (χ1v) is 12.8. The lowest BCUT2D eigenvalue weighted by molar-refractivity contribution is 0.0879. The number of rotatable bonds is 7. The Hall–Kier alpha value is -2.44. The minimum absolute atomic E-state index is 0.0176. The molecule has 1 fully saturated rings. The van der Waals surface area contributed by atoms with Crippen molar-refractivity contribution in [1.29, 1.82) is 5.26 Å². The van der Waals surface area contributed by atoms with E-state index in [-0.39, 0.29) is 40.7 Å². The second-order valence-electron chi connectivity index (χ2n) is 10.6. The zero-order valence-electron chi connectivity index (χ0n) is 20.9. The summed E-state index contributed by atoms with van der Waals surface area (Å²) in [7, 11) is 0. The van der Waals surface area contributed by atoms with E-state index < -0.39 is 53.2 Å². The summed E-state index contributed by atoms with van der Waals surface area (Å²) in [4.78, 5) is 14.9. The lowest BCUT2D eigenvalue weighted by Crippen LogP contribution is -2.50. The normalized spacial score (nSPS) is 22.5. The molecule has 0 saturated carbocycles. The van der Waals surface area contributed by atoms with E-state index in [9.17, 15) is 15.2 Å². The van der Waals surface area contributed by atoms with Crippen LogP contribution in [0.2, 0.25) is 10.0 Å². The Morgan fingerprint density at radius 1 is 1.30 bits per heavy atom. The average molecular weight is 554 g/mol. The Morgan fingerprint density at radius 3 is 2.59 bits per heavy atom. The number of carbonyl (C=O) groups excluding carboxylic acids is 1. The van der Waals surface area contributed by atoms with Crippen molar-refractivity contribution in [2.45, 2.75) is 57.1 Å². The fraction of sp³-hybridized carbons (Fsp3) is 0.481. The van der Waals surface area contributed by atoms with Crippen LogP contribution in [0.3, 0.4) is 0 Å². The largest absolute Gasteiger partial charge is 0.394 e. The van der Waals surface area contributed by atoms with Crippen LogP contribution in [0.5, 0.6) is 0 Å². The van der Waals surface area contributed by atoms with E-state index in [4.69, 9.17) is 28.3 Å². The monoisotopic (exact) mass is 553 g/mol. The highest BCUT2D eigenvalue weighted by Crippen LogP contribution is 2.53. The number of hydrogen-bond donors (Lipinski definition) is 3. The standard InChI is InChI=1S/C27H31Cl2F2N3O3/c1-26(2,3)12-23-27(15-32,19-8-7-16(28)11-22(19)30)20(18-5-4-6-21(29)24(18)31)13-34(23)25(37)33-10-9-17(36)14-35/h4-8,11,17,20,23,35-36H,9-10,12-14H2,1-3H3,(H,33,37)/t17-,20?,23?,27?/m0/s1. The molecule has 3 unspecified atom stereocenters. The molecule has 1 aliphatic heterocycles. The summed E-state index contributed by atoms with van der Waals surface area (Å²) >= 11 is 12.1. The van der Waals surface area contributed by atoms with Crippen molar-refractivity contribution in [2.24, 2.45) is 5.41 Å². The highest BCUT2D eigenvalue weighted by Gasteiger charge is 2.60. The topological polar surface area (TPSA) is 96.6 Å². The third-order valence-corrected chi connectivity index (χ3v) is 7.31. The maximum atomic E-state index is 15.5. The lowest BCUT2D eigenvalue weighted by Gasteiger charge is -2.39. The predicted molar refractivity (Wildman–Crippen MR) is 139 cm³/mol. The number of benzene rings is 2. The second kappa shape index (κ2) is 11.5. The van der Waals surface area contributed by atoms with Gasteiger partial charge in [0.05, 0.1) is 29.8 Å². The fourth-order valence-electron chi connectivity index (χ4n) is 5.10. The van der Waals surface area contributed by atoms with E-state index in [1.165, 1.54) is 29.2 Å². The molecule has 0 aromatic heterocycles. The first-order chi connectivity index (χ1) is 17.4. The van der Waals surface area contributed by atoms with Crippen LogP contribution in [-0.2, 0) is 5.41 Å². The van der Waals surface area contributed by atoms with Gasteiger partial charge in [0, 0.05) is 29.6 Å². The van der Waals surface area contributed by atoms with Gasteiger partial charge in [0.2, 0.25) is 0 Å². The maximum Gasteiger partial charge on any atom is 0.317 e. The third-order valence-electron chi connectivity index (χ3n) is 6.78. The highest BCUT2D eigenvalue weighted by molar-refractivity contribution is 6.31. The average Bonchev–Trinajstić information content (AvgIpc) is 3.13. The fourth-order valence-corrected chi connectivity index (χ4v) is 5.44. The minimum Gasteiger partial charge on any atom is -0.394 e. The summed E-state index contributed by atoms with van der Waals surface area (Å²) in [5, 5.41) is 32.2. The van der Waals surface area contributed by atoms with E-state index in [0.29, 0.717) is 6.42 Å². The molecule has 4 atom stereocenters. The van der Waals surface area contributed by atoms with E-state index in [1.54, 1.807) is 6.07 Å². The highest BCUT2D eigenvalue weighted by atomic mass is 35.5. The zero-order valence-corrected chi connectivity index (χ0v) is 22.5. The van der Waals surface area contributed by atoms with Crippen molar-refractivity contribution in [3.8, 4) is 6.07 Å². The molecule has 0 aliphatic carbocycles. The van der Waals surface area contributed by atoms with Crippen LogP contribution >= 0.6 is 23.2 Å². The number of nitrogens with zero attached hydrogens (tertiary/aromatic N) is 2. The molecule has 1 aliphatic rings. The van der Waals surface area contributed by atoms with Gasteiger partial charge in [0.1, 0.15) is 17.0 Å². The third kappa shape index (κ3) is 6.01. The first-order valence-electron chi connectivity index (χ1n) is 12.0. The summed E-state index contributed by atoms with van der Waals surface area (Å²) in [5.74, 6) is -2.41. The summed E-state index contributed by atoms with van der Waals surface area (Å²) in [6, 6.07) is 9.35. The number of amides is 2. The van der Waals surface area contributed by atoms with Crippen molar-refractivity contribution in [1.82, 2.24) is 10.2 Å². The van der Waals surface area contributed by atoms with Gasteiger partial charge in [-0.25, -0.2) is 13.6 Å². The SMILES string of the molecule is CC(C)(C)CC1N(C(=O)NCC[C@H](O)CO)CC(c2cccc(Cl)c2F)C1(C#N)c1ccc(Cl)cc1F. The Kier molecular flexibility index (Phi) is 9.07. The second-order valence-corrected chi connectivity index (χ2v) is 11.4. The molecule has 0 bridgehead atoms. The zero-order chi connectivity index (χ0) is 27.5. The van der Waals surface area contributed by atoms with Crippen LogP contribution in [0.4, 0.5) is 13.6 Å². The molecule has 1 heterocycles. The Morgan fingerprint density at radius 2 is 2.00 bits per heavy atom. The van der Waals surface area contributed by atoms with Crippen LogP contribution < -0.4 is 5.32 Å². The molecule has 2 aromatic rings. The molecule has 6 nitrogen and oxygen atoms in total. The summed E-state index contributed by atoms with van der Waals surface area (Å²) in [6.07, 6.45) is -0.589. The van der Waals surface area contributed by atoms with Gasteiger partial charge in [0.25, 0.3) is 0 Å². The number of nitriles is 1. The van der Waals surface area contributed by atoms with Crippen molar-refractivity contribution >= 4 is 29.2 Å². The number of likely N-dealkylation sites (tertiary alicyclic amines) is 1. The Labute approximate surface area is 225 Å². The number of carbonyl (C=O) groups is 1. The van der Waals surface area contributed by atoms with Gasteiger partial charge >= 0.3 is 6.03 Å². The molecule has 37 heavy (non-hydrogen) atoms. The molecule has 0 spiro atoms. The first kappa shape index (κ1) is 29.1. The predicted octanol–water partition coefficient (Wildman–Crippen LogP) is 5.39. The quantitative estimate of drug-likeness (QED) is 0.428.